The molecule has 3 N–H and O–H groups in total. The molecule has 2 aromatic carbocycles. The summed E-state index contributed by atoms with van der Waals surface area (Å²) in [5, 5.41) is 6.00. The number of rotatable bonds is 9. The van der Waals surface area contributed by atoms with Gasteiger partial charge in [0.25, 0.3) is 0 Å². The number of alkyl carbamates (subject to hydrolysis) is 1. The van der Waals surface area contributed by atoms with Crippen LogP contribution >= 0.6 is 11.3 Å². The third kappa shape index (κ3) is 9.04. The molecule has 0 aliphatic heterocycles. The van der Waals surface area contributed by atoms with Gasteiger partial charge in [-0.1, -0.05) is 12.1 Å². The van der Waals surface area contributed by atoms with Crippen molar-refractivity contribution in [2.45, 2.75) is 77.7 Å². The summed E-state index contributed by atoms with van der Waals surface area (Å²) < 4.78 is 39.8. The summed E-state index contributed by atoms with van der Waals surface area (Å²) in [6.07, 6.45) is 0.0136. The average molecular weight is 589 g/mol. The fraction of sp³-hybridized carbons (Fsp3) is 0.393. The summed E-state index contributed by atoms with van der Waals surface area (Å²) in [6.45, 7) is 12.4. The first-order valence-electron chi connectivity index (χ1n) is 12.8. The number of carbonyl (C=O) groups excluding carboxylic acids is 2. The van der Waals surface area contributed by atoms with Crippen molar-refractivity contribution in [2.75, 3.05) is 5.32 Å². The van der Waals surface area contributed by atoms with E-state index in [4.69, 9.17) is 9.47 Å². The van der Waals surface area contributed by atoms with Gasteiger partial charge in [0, 0.05) is 35.1 Å². The Labute approximate surface area is 239 Å². The lowest BCUT2D eigenvalue weighted by molar-refractivity contribution is 0.115. The van der Waals surface area contributed by atoms with Crippen molar-refractivity contribution in [2.24, 2.45) is 0 Å². The second-order valence-electron chi connectivity index (χ2n) is 10.7. The molecule has 2 amide bonds. The third-order valence-electron chi connectivity index (χ3n) is 5.05. The fourth-order valence-electron chi connectivity index (χ4n) is 3.58. The number of nitrogens with zero attached hydrogens (tertiary/aromatic N) is 1. The lowest BCUT2D eigenvalue weighted by atomic mass is 10.1. The first kappa shape index (κ1) is 31.1. The van der Waals surface area contributed by atoms with Gasteiger partial charge in [0.15, 0.2) is 0 Å². The number of benzene rings is 2. The summed E-state index contributed by atoms with van der Waals surface area (Å²) in [5.41, 5.74) is 1.77. The fourth-order valence-corrected chi connectivity index (χ4v) is 6.30. The van der Waals surface area contributed by atoms with Crippen LogP contribution in [0.3, 0.4) is 0 Å². The minimum atomic E-state index is -3.93. The van der Waals surface area contributed by atoms with Gasteiger partial charge in [0.05, 0.1) is 22.0 Å². The number of anilines is 1. The maximum absolute atomic E-state index is 13.5. The highest BCUT2D eigenvalue weighted by Crippen LogP contribution is 2.36. The van der Waals surface area contributed by atoms with Crippen molar-refractivity contribution in [1.82, 2.24) is 15.0 Å². The van der Waals surface area contributed by atoms with Crippen molar-refractivity contribution in [3.63, 3.8) is 0 Å². The lowest BCUT2D eigenvalue weighted by Crippen LogP contribution is -2.40. The number of hydrogen-bond donors (Lipinski definition) is 3. The van der Waals surface area contributed by atoms with Gasteiger partial charge in [0.1, 0.15) is 5.01 Å². The van der Waals surface area contributed by atoms with Gasteiger partial charge in [-0.15, -0.1) is 11.3 Å². The molecule has 0 fully saturated rings. The minimum Gasteiger partial charge on any atom is -0.447 e. The van der Waals surface area contributed by atoms with E-state index in [1.165, 1.54) is 11.3 Å². The lowest BCUT2D eigenvalue weighted by Gasteiger charge is -2.22. The summed E-state index contributed by atoms with van der Waals surface area (Å²) >= 11 is 1.34. The molecule has 10 nitrogen and oxygen atoms in total. The number of hydrogen-bond acceptors (Lipinski definition) is 8. The first-order chi connectivity index (χ1) is 18.6. The zero-order chi connectivity index (χ0) is 29.7. The van der Waals surface area contributed by atoms with Crippen LogP contribution in [0.15, 0.2) is 53.6 Å². The molecule has 1 heterocycles. The SMILES string of the molecule is CC(C)OC(=O)NCc1ccc(-c2cnc(-c3ccc(NC(=O)OC(C)C)cc3)s2)c(S(=O)(=O)NC(C)(C)C)c1. The van der Waals surface area contributed by atoms with Crippen LogP contribution in [0.2, 0.25) is 0 Å². The molecule has 40 heavy (non-hydrogen) atoms. The predicted octanol–water partition coefficient (Wildman–Crippen LogP) is 6.15. The Balaban J connectivity index is 1.90. The zero-order valence-corrected chi connectivity index (χ0v) is 25.3. The third-order valence-corrected chi connectivity index (χ3v) is 7.93. The van der Waals surface area contributed by atoms with Gasteiger partial charge in [-0.3, -0.25) is 5.32 Å². The van der Waals surface area contributed by atoms with E-state index < -0.39 is 27.7 Å². The van der Waals surface area contributed by atoms with Crippen molar-refractivity contribution in [3.8, 4) is 21.0 Å². The van der Waals surface area contributed by atoms with Crippen LogP contribution in [-0.2, 0) is 26.0 Å². The van der Waals surface area contributed by atoms with Crippen molar-refractivity contribution in [1.29, 1.82) is 0 Å². The van der Waals surface area contributed by atoms with Gasteiger partial charge < -0.3 is 14.8 Å². The highest BCUT2D eigenvalue weighted by Gasteiger charge is 2.26. The number of nitrogens with one attached hydrogen (secondary N) is 3. The van der Waals surface area contributed by atoms with Crippen molar-refractivity contribution in [3.05, 3.63) is 54.2 Å². The van der Waals surface area contributed by atoms with E-state index in [0.717, 1.165) is 5.56 Å². The summed E-state index contributed by atoms with van der Waals surface area (Å²) in [5.74, 6) is 0. The largest absolute Gasteiger partial charge is 0.447 e. The van der Waals surface area contributed by atoms with Crippen LogP contribution in [0.25, 0.3) is 21.0 Å². The second kappa shape index (κ2) is 12.8. The number of ether oxygens (including phenoxy) is 2. The molecule has 0 bridgehead atoms. The quantitative estimate of drug-likeness (QED) is 0.273. The van der Waals surface area contributed by atoms with Crippen LogP contribution in [0.5, 0.6) is 0 Å². The van der Waals surface area contributed by atoms with Gasteiger partial charge in [-0.2, -0.15) is 0 Å². The Kier molecular flexibility index (Phi) is 9.93. The molecule has 0 atom stereocenters. The van der Waals surface area contributed by atoms with Crippen LogP contribution in [-0.4, -0.2) is 43.3 Å². The minimum absolute atomic E-state index is 0.0809. The van der Waals surface area contributed by atoms with E-state index in [9.17, 15) is 18.0 Å². The molecule has 216 valence electrons. The molecule has 12 heteroatoms. The number of carbonyl (C=O) groups is 2. The molecule has 0 spiro atoms. The molecule has 0 radical (unpaired) electrons. The smallest absolute Gasteiger partial charge is 0.411 e. The summed E-state index contributed by atoms with van der Waals surface area (Å²) in [4.78, 5) is 29.1. The highest BCUT2D eigenvalue weighted by atomic mass is 32.2. The monoisotopic (exact) mass is 588 g/mol. The Hall–Kier alpha value is -3.48. The van der Waals surface area contributed by atoms with E-state index in [2.05, 4.69) is 20.3 Å². The zero-order valence-electron chi connectivity index (χ0n) is 23.7. The Morgan fingerprint density at radius 3 is 2.17 bits per heavy atom. The first-order valence-corrected chi connectivity index (χ1v) is 15.1. The van der Waals surface area contributed by atoms with Crippen LogP contribution < -0.4 is 15.4 Å². The molecule has 3 aromatic rings. The van der Waals surface area contributed by atoms with Crippen molar-refractivity contribution < 1.29 is 27.5 Å². The Morgan fingerprint density at radius 1 is 0.950 bits per heavy atom. The van der Waals surface area contributed by atoms with E-state index in [-0.39, 0.29) is 23.6 Å². The predicted molar refractivity (Wildman–Crippen MR) is 157 cm³/mol. The molecule has 0 aliphatic carbocycles. The molecular weight excluding hydrogens is 552 g/mol. The van der Waals surface area contributed by atoms with Gasteiger partial charge in [-0.05, 0) is 84.4 Å². The Bertz CT molecular complexity index is 1440. The Morgan fingerprint density at radius 2 is 1.57 bits per heavy atom. The van der Waals surface area contributed by atoms with Gasteiger partial charge in [-0.25, -0.2) is 27.7 Å². The number of amides is 2. The molecule has 1 aromatic heterocycles. The van der Waals surface area contributed by atoms with Crippen LogP contribution in [0.4, 0.5) is 15.3 Å². The standard InChI is InChI=1S/C28H36N4O6S2/c1-17(2)37-26(33)30-15-19-8-13-22(24(14-19)40(35,36)32-28(5,6)7)23-16-29-25(39-23)20-9-11-21(12-10-20)31-27(34)38-18(3)4/h8-14,16-18,32H,15H2,1-7H3,(H,30,33)(H,31,34). The summed E-state index contributed by atoms with van der Waals surface area (Å²) in [7, 11) is -3.93. The van der Waals surface area contributed by atoms with E-state index in [1.807, 2.05) is 12.1 Å². The van der Waals surface area contributed by atoms with Crippen LogP contribution in [0, 0.1) is 0 Å². The van der Waals surface area contributed by atoms with E-state index in [0.29, 0.717) is 26.7 Å². The molecular formula is C28H36N4O6S2. The molecule has 0 aliphatic rings. The van der Waals surface area contributed by atoms with Gasteiger partial charge in [0.2, 0.25) is 10.0 Å². The normalized spacial score (nSPS) is 11.9. The molecule has 0 saturated carbocycles. The topological polar surface area (TPSA) is 136 Å². The van der Waals surface area contributed by atoms with Crippen molar-refractivity contribution >= 4 is 39.2 Å². The van der Waals surface area contributed by atoms with Crippen LogP contribution in [0.1, 0.15) is 54.0 Å². The number of thiazole rings is 1. The molecule has 3 rings (SSSR count). The summed E-state index contributed by atoms with van der Waals surface area (Å²) in [6, 6.07) is 12.1. The maximum atomic E-state index is 13.5. The molecule has 0 unspecified atom stereocenters. The number of aromatic nitrogens is 1. The maximum Gasteiger partial charge on any atom is 0.411 e. The van der Waals surface area contributed by atoms with Gasteiger partial charge >= 0.3 is 12.2 Å². The average Bonchev–Trinajstić information content (AvgIpc) is 3.31. The van der Waals surface area contributed by atoms with E-state index >= 15 is 0 Å². The second-order valence-corrected chi connectivity index (χ2v) is 13.4. The number of sulfonamides is 1. The highest BCUT2D eigenvalue weighted by molar-refractivity contribution is 7.89. The molecule has 0 saturated heterocycles. The van der Waals surface area contributed by atoms with E-state index in [1.54, 1.807) is 85.0 Å².